The summed E-state index contributed by atoms with van der Waals surface area (Å²) in [4.78, 5) is 4.85. The van der Waals surface area contributed by atoms with Crippen LogP contribution in [0, 0.1) is 11.6 Å². The smallest absolute Gasteiger partial charge is 0.147 e. The van der Waals surface area contributed by atoms with E-state index in [9.17, 15) is 8.78 Å². The lowest BCUT2D eigenvalue weighted by Gasteiger charge is -2.06. The molecule has 0 bridgehead atoms. The van der Waals surface area contributed by atoms with Crippen molar-refractivity contribution in [3.05, 3.63) is 44.8 Å². The molecule has 0 spiro atoms. The second-order valence-electron chi connectivity index (χ2n) is 3.07. The van der Waals surface area contributed by atoms with Crippen molar-refractivity contribution in [2.45, 2.75) is 6.54 Å². The summed E-state index contributed by atoms with van der Waals surface area (Å²) in [6, 6.07) is 2.23. The Labute approximate surface area is 103 Å². The van der Waals surface area contributed by atoms with Crippen molar-refractivity contribution < 1.29 is 8.78 Å². The Morgan fingerprint density at radius 1 is 1.31 bits per heavy atom. The lowest BCUT2D eigenvalue weighted by Crippen LogP contribution is -2.00. The minimum Gasteiger partial charge on any atom is -0.378 e. The van der Waals surface area contributed by atoms with Crippen molar-refractivity contribution in [3.63, 3.8) is 0 Å². The first-order valence-electron chi connectivity index (χ1n) is 4.42. The highest BCUT2D eigenvalue weighted by atomic mass is 79.9. The molecule has 1 heterocycles. The first kappa shape index (κ1) is 11.5. The summed E-state index contributed by atoms with van der Waals surface area (Å²) in [6.07, 6.45) is 1.69. The van der Waals surface area contributed by atoms with Crippen LogP contribution >= 0.6 is 27.3 Å². The number of thiazole rings is 1. The van der Waals surface area contributed by atoms with Crippen LogP contribution in [-0.2, 0) is 6.54 Å². The number of benzene rings is 1. The van der Waals surface area contributed by atoms with Gasteiger partial charge in [-0.25, -0.2) is 8.78 Å². The van der Waals surface area contributed by atoms with Gasteiger partial charge in [-0.15, -0.1) is 11.3 Å². The second-order valence-corrected chi connectivity index (χ2v) is 4.89. The quantitative estimate of drug-likeness (QED) is 0.873. The molecule has 6 heteroatoms. The van der Waals surface area contributed by atoms with Crippen molar-refractivity contribution in [2.24, 2.45) is 0 Å². The van der Waals surface area contributed by atoms with Crippen molar-refractivity contribution in [1.29, 1.82) is 0 Å². The van der Waals surface area contributed by atoms with Gasteiger partial charge in [0.15, 0.2) is 0 Å². The molecule has 0 saturated carbocycles. The zero-order valence-corrected chi connectivity index (χ0v) is 10.4. The van der Waals surface area contributed by atoms with Crippen LogP contribution in [0.25, 0.3) is 0 Å². The second kappa shape index (κ2) is 4.88. The third-order valence-electron chi connectivity index (χ3n) is 1.95. The molecule has 2 rings (SSSR count). The van der Waals surface area contributed by atoms with E-state index < -0.39 is 11.6 Å². The summed E-state index contributed by atoms with van der Waals surface area (Å²) in [6.45, 7) is 0.433. The maximum atomic E-state index is 13.4. The molecule has 0 aliphatic heterocycles. The number of nitrogens with zero attached hydrogens (tertiary/aromatic N) is 1. The zero-order chi connectivity index (χ0) is 11.5. The number of hydrogen-bond acceptors (Lipinski definition) is 3. The Balaban J connectivity index is 2.12. The molecule has 2 nitrogen and oxygen atoms in total. The Morgan fingerprint density at radius 2 is 2.12 bits per heavy atom. The number of hydrogen-bond donors (Lipinski definition) is 1. The van der Waals surface area contributed by atoms with Gasteiger partial charge in [-0.1, -0.05) is 0 Å². The molecule has 0 atom stereocenters. The van der Waals surface area contributed by atoms with Gasteiger partial charge in [0.2, 0.25) is 0 Å². The minimum atomic E-state index is -0.492. The molecule has 0 saturated heterocycles. The summed E-state index contributed by atoms with van der Waals surface area (Å²) in [5.41, 5.74) is 1.84. The van der Waals surface area contributed by atoms with Crippen LogP contribution in [0.4, 0.5) is 14.5 Å². The van der Waals surface area contributed by atoms with Gasteiger partial charge in [-0.2, -0.15) is 0 Å². The minimum absolute atomic E-state index is 0.119. The summed E-state index contributed by atoms with van der Waals surface area (Å²) in [5, 5.41) is 2.82. The monoisotopic (exact) mass is 304 g/mol. The van der Waals surface area contributed by atoms with Crippen LogP contribution in [0.15, 0.2) is 28.3 Å². The van der Waals surface area contributed by atoms with E-state index >= 15 is 0 Å². The third-order valence-corrected chi connectivity index (χ3v) is 3.33. The number of aromatic nitrogens is 1. The maximum absolute atomic E-state index is 13.4. The summed E-state index contributed by atoms with van der Waals surface area (Å²) in [7, 11) is 0. The Bertz CT molecular complexity index is 488. The number of rotatable bonds is 3. The fraction of sp³-hybridized carbons (Fsp3) is 0.100. The molecule has 84 valence electrons. The molecule has 1 aromatic carbocycles. The Hall–Kier alpha value is -1.01. The molecule has 1 aromatic heterocycles. The molecule has 0 aliphatic carbocycles. The highest BCUT2D eigenvalue weighted by Gasteiger charge is 2.07. The largest absolute Gasteiger partial charge is 0.378 e. The predicted molar refractivity (Wildman–Crippen MR) is 63.5 cm³/mol. The van der Waals surface area contributed by atoms with Gasteiger partial charge < -0.3 is 5.32 Å². The number of nitrogens with one attached hydrogen (secondary N) is 1. The molecule has 0 amide bonds. The fourth-order valence-corrected chi connectivity index (χ4v) is 2.02. The lowest BCUT2D eigenvalue weighted by atomic mass is 10.3. The van der Waals surface area contributed by atoms with E-state index in [1.54, 1.807) is 11.7 Å². The molecule has 0 radical (unpaired) electrons. The average molecular weight is 305 g/mol. The van der Waals surface area contributed by atoms with E-state index in [0.29, 0.717) is 6.54 Å². The maximum Gasteiger partial charge on any atom is 0.147 e. The van der Waals surface area contributed by atoms with E-state index in [1.165, 1.54) is 11.3 Å². The highest BCUT2D eigenvalue weighted by molar-refractivity contribution is 9.10. The van der Waals surface area contributed by atoms with E-state index in [2.05, 4.69) is 26.2 Å². The van der Waals surface area contributed by atoms with E-state index in [0.717, 1.165) is 17.0 Å². The molecule has 0 aliphatic rings. The average Bonchev–Trinajstić information content (AvgIpc) is 2.74. The molecule has 0 fully saturated rings. The Morgan fingerprint density at radius 3 is 2.81 bits per heavy atom. The SMILES string of the molecule is Fc1cc(NCc2cncs2)c(F)cc1Br. The number of anilines is 1. The standard InChI is InChI=1S/C10H7BrF2N2S/c11-7-1-9(13)10(2-8(7)12)15-4-6-3-14-5-16-6/h1-3,5,15H,4H2. The van der Waals surface area contributed by atoms with E-state index in [1.807, 2.05) is 0 Å². The van der Waals surface area contributed by atoms with Crippen molar-refractivity contribution >= 4 is 33.0 Å². The van der Waals surface area contributed by atoms with Crippen molar-refractivity contribution in [3.8, 4) is 0 Å². The van der Waals surface area contributed by atoms with Crippen LogP contribution in [0.3, 0.4) is 0 Å². The first-order chi connectivity index (χ1) is 7.66. The van der Waals surface area contributed by atoms with Gasteiger partial charge in [0.05, 0.1) is 22.2 Å². The highest BCUT2D eigenvalue weighted by Crippen LogP contribution is 2.23. The molecular formula is C10H7BrF2N2S. The molecule has 2 aromatic rings. The van der Waals surface area contributed by atoms with Crippen LogP contribution in [0.2, 0.25) is 0 Å². The number of halogens is 3. The van der Waals surface area contributed by atoms with Crippen LogP contribution in [-0.4, -0.2) is 4.98 Å². The zero-order valence-electron chi connectivity index (χ0n) is 8.01. The van der Waals surface area contributed by atoms with Crippen LogP contribution in [0.1, 0.15) is 4.88 Å². The van der Waals surface area contributed by atoms with Gasteiger partial charge in [0.1, 0.15) is 11.6 Å². The third kappa shape index (κ3) is 2.56. The van der Waals surface area contributed by atoms with Gasteiger partial charge >= 0.3 is 0 Å². The molecule has 1 N–H and O–H groups in total. The van der Waals surface area contributed by atoms with Gasteiger partial charge in [0, 0.05) is 17.1 Å². The Kier molecular flexibility index (Phi) is 3.50. The normalized spacial score (nSPS) is 10.4. The lowest BCUT2D eigenvalue weighted by molar-refractivity contribution is 0.596. The molecule has 0 unspecified atom stereocenters. The van der Waals surface area contributed by atoms with E-state index in [4.69, 9.17) is 0 Å². The fourth-order valence-electron chi connectivity index (χ4n) is 1.17. The van der Waals surface area contributed by atoms with Crippen molar-refractivity contribution in [2.75, 3.05) is 5.32 Å². The van der Waals surface area contributed by atoms with Crippen molar-refractivity contribution in [1.82, 2.24) is 4.98 Å². The van der Waals surface area contributed by atoms with Gasteiger partial charge in [-0.3, -0.25) is 4.98 Å². The molecular weight excluding hydrogens is 298 g/mol. The molecule has 16 heavy (non-hydrogen) atoms. The summed E-state index contributed by atoms with van der Waals surface area (Å²) < 4.78 is 26.7. The van der Waals surface area contributed by atoms with Gasteiger partial charge in [-0.05, 0) is 22.0 Å². The summed E-state index contributed by atoms with van der Waals surface area (Å²) >= 11 is 4.38. The van der Waals surface area contributed by atoms with Crippen LogP contribution < -0.4 is 5.32 Å². The predicted octanol–water partition coefficient (Wildman–Crippen LogP) is 3.80. The van der Waals surface area contributed by atoms with E-state index in [-0.39, 0.29) is 10.2 Å². The van der Waals surface area contributed by atoms with Gasteiger partial charge in [0.25, 0.3) is 0 Å². The summed E-state index contributed by atoms with van der Waals surface area (Å²) in [5.74, 6) is -0.981. The topological polar surface area (TPSA) is 24.9 Å². The van der Waals surface area contributed by atoms with Crippen LogP contribution in [0.5, 0.6) is 0 Å². The first-order valence-corrected chi connectivity index (χ1v) is 6.10.